The summed E-state index contributed by atoms with van der Waals surface area (Å²) in [6, 6.07) is 0. The molecule has 1 amide bonds. The normalized spacial score (nSPS) is 28.2. The Morgan fingerprint density at radius 3 is 2.62 bits per heavy atom. The molecule has 2 aliphatic rings. The summed E-state index contributed by atoms with van der Waals surface area (Å²) in [4.78, 5) is 14.3. The third-order valence-corrected chi connectivity index (χ3v) is 4.03. The zero-order valence-corrected chi connectivity index (χ0v) is 10.4. The van der Waals surface area contributed by atoms with Crippen molar-refractivity contribution in [1.82, 2.24) is 10.2 Å². The lowest BCUT2D eigenvalue weighted by molar-refractivity contribution is -0.126. The highest BCUT2D eigenvalue weighted by atomic mass is 16.1. The molecule has 3 heteroatoms. The van der Waals surface area contributed by atoms with E-state index in [1.807, 2.05) is 0 Å². The Morgan fingerprint density at radius 1 is 1.25 bits per heavy atom. The standard InChI is InChI=1S/C13H24N2O/c1-15-8-7-11(10-15)9-14-13(16)12-5-3-2-4-6-12/h11-12H,2-10H2,1H3,(H,14,16). The van der Waals surface area contributed by atoms with Crippen LogP contribution in [0.25, 0.3) is 0 Å². The smallest absolute Gasteiger partial charge is 0.223 e. The van der Waals surface area contributed by atoms with Gasteiger partial charge in [-0.3, -0.25) is 4.79 Å². The average molecular weight is 224 g/mol. The van der Waals surface area contributed by atoms with E-state index < -0.39 is 0 Å². The monoisotopic (exact) mass is 224 g/mol. The Balaban J connectivity index is 1.66. The lowest BCUT2D eigenvalue weighted by Gasteiger charge is -2.21. The number of hydrogen-bond donors (Lipinski definition) is 1. The van der Waals surface area contributed by atoms with Gasteiger partial charge in [0.1, 0.15) is 0 Å². The molecule has 0 aromatic heterocycles. The van der Waals surface area contributed by atoms with Crippen molar-refractivity contribution < 1.29 is 4.79 Å². The Bertz CT molecular complexity index is 236. The van der Waals surface area contributed by atoms with Gasteiger partial charge in [0.25, 0.3) is 0 Å². The SMILES string of the molecule is CN1CCC(CNC(=O)C2CCCCC2)C1. The summed E-state index contributed by atoms with van der Waals surface area (Å²) >= 11 is 0. The van der Waals surface area contributed by atoms with E-state index in [1.165, 1.54) is 32.2 Å². The van der Waals surface area contributed by atoms with Crippen LogP contribution in [0.2, 0.25) is 0 Å². The van der Waals surface area contributed by atoms with Gasteiger partial charge >= 0.3 is 0 Å². The maximum absolute atomic E-state index is 11.9. The van der Waals surface area contributed by atoms with Gasteiger partial charge in [-0.05, 0) is 38.8 Å². The number of amides is 1. The van der Waals surface area contributed by atoms with Crippen LogP contribution in [0.15, 0.2) is 0 Å². The minimum absolute atomic E-state index is 0.313. The van der Waals surface area contributed by atoms with Crippen molar-refractivity contribution in [3.05, 3.63) is 0 Å². The van der Waals surface area contributed by atoms with Crippen LogP contribution in [0, 0.1) is 11.8 Å². The van der Waals surface area contributed by atoms with Gasteiger partial charge in [-0.1, -0.05) is 19.3 Å². The van der Waals surface area contributed by atoms with E-state index in [0.717, 1.165) is 25.9 Å². The minimum atomic E-state index is 0.313. The van der Waals surface area contributed by atoms with E-state index in [9.17, 15) is 4.79 Å². The summed E-state index contributed by atoms with van der Waals surface area (Å²) < 4.78 is 0. The minimum Gasteiger partial charge on any atom is -0.356 e. The van der Waals surface area contributed by atoms with Crippen LogP contribution in [-0.4, -0.2) is 37.5 Å². The van der Waals surface area contributed by atoms with Gasteiger partial charge in [-0.2, -0.15) is 0 Å². The van der Waals surface area contributed by atoms with Crippen molar-refractivity contribution in [2.75, 3.05) is 26.7 Å². The van der Waals surface area contributed by atoms with Gasteiger partial charge < -0.3 is 10.2 Å². The molecular formula is C13H24N2O. The summed E-state index contributed by atoms with van der Waals surface area (Å²) in [5.74, 6) is 1.31. The Kier molecular flexibility index (Phi) is 4.22. The van der Waals surface area contributed by atoms with E-state index in [1.54, 1.807) is 0 Å². The first-order valence-corrected chi connectivity index (χ1v) is 6.72. The van der Waals surface area contributed by atoms with Crippen molar-refractivity contribution in [2.24, 2.45) is 11.8 Å². The first kappa shape index (κ1) is 11.9. The molecule has 1 N–H and O–H groups in total. The summed E-state index contributed by atoms with van der Waals surface area (Å²) in [5.41, 5.74) is 0. The molecule has 3 nitrogen and oxygen atoms in total. The number of rotatable bonds is 3. The van der Waals surface area contributed by atoms with Crippen molar-refractivity contribution in [3.63, 3.8) is 0 Å². The van der Waals surface area contributed by atoms with Crippen LogP contribution >= 0.6 is 0 Å². The number of nitrogens with one attached hydrogen (secondary N) is 1. The molecule has 2 rings (SSSR count). The second kappa shape index (κ2) is 5.67. The molecule has 2 fully saturated rings. The number of carbonyl (C=O) groups excluding carboxylic acids is 1. The van der Waals surface area contributed by atoms with Gasteiger partial charge in [0, 0.05) is 19.0 Å². The Hall–Kier alpha value is -0.570. The maximum atomic E-state index is 11.9. The Morgan fingerprint density at radius 2 is 2.00 bits per heavy atom. The molecule has 16 heavy (non-hydrogen) atoms. The molecule has 0 spiro atoms. The highest BCUT2D eigenvalue weighted by molar-refractivity contribution is 5.78. The zero-order chi connectivity index (χ0) is 11.4. The fraction of sp³-hybridized carbons (Fsp3) is 0.923. The number of carbonyl (C=O) groups is 1. The molecule has 0 aromatic rings. The van der Waals surface area contributed by atoms with E-state index in [2.05, 4.69) is 17.3 Å². The van der Waals surface area contributed by atoms with Crippen molar-refractivity contribution in [3.8, 4) is 0 Å². The predicted octanol–water partition coefficient (Wildman–Crippen LogP) is 1.63. The summed E-state index contributed by atoms with van der Waals surface area (Å²) in [5, 5.41) is 3.15. The third-order valence-electron chi connectivity index (χ3n) is 4.03. The molecule has 1 heterocycles. The lowest BCUT2D eigenvalue weighted by Crippen LogP contribution is -2.35. The molecule has 1 saturated carbocycles. The van der Waals surface area contributed by atoms with Crippen LogP contribution in [0.1, 0.15) is 38.5 Å². The van der Waals surface area contributed by atoms with E-state index in [4.69, 9.17) is 0 Å². The second-order valence-corrected chi connectivity index (χ2v) is 5.50. The maximum Gasteiger partial charge on any atom is 0.223 e. The van der Waals surface area contributed by atoms with Gasteiger partial charge in [0.05, 0.1) is 0 Å². The fourth-order valence-corrected chi connectivity index (χ4v) is 2.95. The number of hydrogen-bond acceptors (Lipinski definition) is 2. The van der Waals surface area contributed by atoms with Crippen LogP contribution in [0.5, 0.6) is 0 Å². The molecule has 92 valence electrons. The number of nitrogens with zero attached hydrogens (tertiary/aromatic N) is 1. The topological polar surface area (TPSA) is 32.3 Å². The lowest BCUT2D eigenvalue weighted by atomic mass is 9.88. The highest BCUT2D eigenvalue weighted by Crippen LogP contribution is 2.23. The molecule has 0 aromatic carbocycles. The van der Waals surface area contributed by atoms with Crippen LogP contribution < -0.4 is 5.32 Å². The van der Waals surface area contributed by atoms with Crippen LogP contribution in [0.4, 0.5) is 0 Å². The van der Waals surface area contributed by atoms with Gasteiger partial charge in [0.15, 0.2) is 0 Å². The summed E-state index contributed by atoms with van der Waals surface area (Å²) in [6.07, 6.45) is 7.25. The van der Waals surface area contributed by atoms with Gasteiger partial charge in [0.2, 0.25) is 5.91 Å². The van der Waals surface area contributed by atoms with Gasteiger partial charge in [-0.25, -0.2) is 0 Å². The first-order valence-electron chi connectivity index (χ1n) is 6.72. The molecular weight excluding hydrogens is 200 g/mol. The molecule has 1 atom stereocenters. The van der Waals surface area contributed by atoms with E-state index in [0.29, 0.717) is 17.7 Å². The van der Waals surface area contributed by atoms with Gasteiger partial charge in [-0.15, -0.1) is 0 Å². The first-order chi connectivity index (χ1) is 7.75. The van der Waals surface area contributed by atoms with Crippen molar-refractivity contribution in [1.29, 1.82) is 0 Å². The molecule has 1 aliphatic heterocycles. The fourth-order valence-electron chi connectivity index (χ4n) is 2.95. The Labute approximate surface area is 98.6 Å². The largest absolute Gasteiger partial charge is 0.356 e. The quantitative estimate of drug-likeness (QED) is 0.790. The molecule has 1 saturated heterocycles. The highest BCUT2D eigenvalue weighted by Gasteiger charge is 2.23. The van der Waals surface area contributed by atoms with E-state index in [-0.39, 0.29) is 0 Å². The summed E-state index contributed by atoms with van der Waals surface area (Å²) in [6.45, 7) is 3.22. The van der Waals surface area contributed by atoms with Crippen LogP contribution in [0.3, 0.4) is 0 Å². The number of likely N-dealkylation sites (tertiary alicyclic amines) is 1. The summed E-state index contributed by atoms with van der Waals surface area (Å²) in [7, 11) is 2.16. The second-order valence-electron chi connectivity index (χ2n) is 5.50. The van der Waals surface area contributed by atoms with Crippen molar-refractivity contribution >= 4 is 5.91 Å². The third kappa shape index (κ3) is 3.21. The van der Waals surface area contributed by atoms with Crippen LogP contribution in [-0.2, 0) is 4.79 Å². The predicted molar refractivity (Wildman–Crippen MR) is 65.2 cm³/mol. The van der Waals surface area contributed by atoms with E-state index >= 15 is 0 Å². The zero-order valence-electron chi connectivity index (χ0n) is 10.4. The molecule has 0 radical (unpaired) electrons. The molecule has 1 unspecified atom stereocenters. The average Bonchev–Trinajstić information content (AvgIpc) is 2.73. The molecule has 1 aliphatic carbocycles. The van der Waals surface area contributed by atoms with Crippen molar-refractivity contribution in [2.45, 2.75) is 38.5 Å². The molecule has 0 bridgehead atoms.